The van der Waals surface area contributed by atoms with E-state index < -0.39 is 0 Å². The van der Waals surface area contributed by atoms with Gasteiger partial charge >= 0.3 is 0 Å². The molecule has 5 heteroatoms. The summed E-state index contributed by atoms with van der Waals surface area (Å²) in [5.74, 6) is 1.43. The number of aromatic nitrogens is 2. The third-order valence-corrected chi connectivity index (χ3v) is 7.13. The molecule has 2 aliphatic carbocycles. The highest BCUT2D eigenvalue weighted by atomic mass is 16.5. The smallest absolute Gasteiger partial charge is 0.148 e. The second-order valence-electron chi connectivity index (χ2n) is 9.79. The van der Waals surface area contributed by atoms with E-state index in [0.29, 0.717) is 12.5 Å². The Morgan fingerprint density at radius 1 is 1.06 bits per heavy atom. The monoisotopic (exact) mass is 456 g/mol. The van der Waals surface area contributed by atoms with Crippen LogP contribution in [-0.2, 0) is 17.6 Å². The predicted molar refractivity (Wildman–Crippen MR) is 140 cm³/mol. The summed E-state index contributed by atoms with van der Waals surface area (Å²) < 4.78 is 6.17. The molecule has 0 aliphatic heterocycles. The SMILES string of the molecule is CCOC1Cc2ccccc2C1Nc1nc(CC)c(-c2ccc(N(C)C)cc2C)nc1C1CC1. The average molecular weight is 457 g/mol. The molecule has 2 aliphatic rings. The molecule has 5 nitrogen and oxygen atoms in total. The Kier molecular flexibility index (Phi) is 6.30. The molecule has 3 aromatic rings. The molecule has 0 radical (unpaired) electrons. The molecule has 178 valence electrons. The van der Waals surface area contributed by atoms with Crippen molar-refractivity contribution in [2.24, 2.45) is 0 Å². The molecule has 2 unspecified atom stereocenters. The Labute approximate surface area is 203 Å². The lowest BCUT2D eigenvalue weighted by atomic mass is 10.0. The number of nitrogens with one attached hydrogen (secondary N) is 1. The van der Waals surface area contributed by atoms with E-state index in [9.17, 15) is 0 Å². The van der Waals surface area contributed by atoms with Crippen LogP contribution in [0, 0.1) is 6.92 Å². The second kappa shape index (κ2) is 9.38. The standard InChI is InChI=1S/C29H36N4O/c1-6-24-27(22-15-14-21(33(4)5)16-18(22)3)31-26(19-12-13-19)29(30-24)32-28-23-11-9-8-10-20(23)17-25(28)34-7-2/h8-11,14-16,19,25,28H,6-7,12-13,17H2,1-5H3,(H,30,32). The number of anilines is 2. The first-order valence-corrected chi connectivity index (χ1v) is 12.6. The van der Waals surface area contributed by atoms with Crippen molar-refractivity contribution in [2.45, 2.75) is 64.5 Å². The van der Waals surface area contributed by atoms with Crippen LogP contribution < -0.4 is 10.2 Å². The van der Waals surface area contributed by atoms with Gasteiger partial charge in [0.05, 0.1) is 29.2 Å². The molecule has 1 saturated carbocycles. The lowest BCUT2D eigenvalue weighted by Gasteiger charge is -2.25. The van der Waals surface area contributed by atoms with Crippen molar-refractivity contribution < 1.29 is 4.74 Å². The van der Waals surface area contributed by atoms with Gasteiger partial charge in [0.1, 0.15) is 5.82 Å². The second-order valence-corrected chi connectivity index (χ2v) is 9.79. The fraction of sp³-hybridized carbons (Fsp3) is 0.448. The number of fused-ring (bicyclic) bond motifs is 1. The molecule has 2 atom stereocenters. The largest absolute Gasteiger partial charge is 0.378 e. The van der Waals surface area contributed by atoms with Crippen LogP contribution in [0.4, 0.5) is 11.5 Å². The first-order chi connectivity index (χ1) is 16.5. The van der Waals surface area contributed by atoms with Crippen LogP contribution in [0.1, 0.15) is 66.7 Å². The highest BCUT2D eigenvalue weighted by Crippen LogP contribution is 2.45. The minimum Gasteiger partial charge on any atom is -0.378 e. The van der Waals surface area contributed by atoms with Crippen LogP contribution in [0.25, 0.3) is 11.3 Å². The normalized spacial score (nSPS) is 19.2. The van der Waals surface area contributed by atoms with Gasteiger partial charge in [-0.2, -0.15) is 0 Å². The molecular formula is C29H36N4O. The van der Waals surface area contributed by atoms with Crippen LogP contribution in [0.5, 0.6) is 0 Å². The van der Waals surface area contributed by atoms with Gasteiger partial charge in [0.25, 0.3) is 0 Å². The third kappa shape index (κ3) is 4.29. The summed E-state index contributed by atoms with van der Waals surface area (Å²) >= 11 is 0. The predicted octanol–water partition coefficient (Wildman–Crippen LogP) is 6.07. The Morgan fingerprint density at radius 3 is 2.53 bits per heavy atom. The van der Waals surface area contributed by atoms with Crippen LogP contribution >= 0.6 is 0 Å². The fourth-order valence-electron chi connectivity index (χ4n) is 5.13. The van der Waals surface area contributed by atoms with Gasteiger partial charge < -0.3 is 15.0 Å². The maximum absolute atomic E-state index is 6.17. The molecule has 5 rings (SSSR count). The number of ether oxygens (including phenoxy) is 1. The van der Waals surface area contributed by atoms with E-state index in [1.165, 1.54) is 40.8 Å². The summed E-state index contributed by atoms with van der Waals surface area (Å²) in [6, 6.07) is 15.4. The molecule has 1 heterocycles. The van der Waals surface area contributed by atoms with Crippen molar-refractivity contribution in [1.29, 1.82) is 0 Å². The number of hydrogen-bond acceptors (Lipinski definition) is 5. The maximum Gasteiger partial charge on any atom is 0.148 e. The average Bonchev–Trinajstić information content (AvgIpc) is 3.62. The highest BCUT2D eigenvalue weighted by molar-refractivity contribution is 5.70. The van der Waals surface area contributed by atoms with Crippen LogP contribution in [-0.4, -0.2) is 36.8 Å². The highest BCUT2D eigenvalue weighted by Gasteiger charge is 2.36. The lowest BCUT2D eigenvalue weighted by Crippen LogP contribution is -2.26. The first-order valence-electron chi connectivity index (χ1n) is 12.6. The summed E-state index contributed by atoms with van der Waals surface area (Å²) in [6.07, 6.45) is 4.25. The summed E-state index contributed by atoms with van der Waals surface area (Å²) in [7, 11) is 4.15. The maximum atomic E-state index is 6.17. The molecular weight excluding hydrogens is 420 g/mol. The Balaban J connectivity index is 1.56. The molecule has 0 spiro atoms. The Bertz CT molecular complexity index is 1180. The lowest BCUT2D eigenvalue weighted by molar-refractivity contribution is 0.0573. The molecule has 1 N–H and O–H groups in total. The molecule has 1 fully saturated rings. The molecule has 0 amide bonds. The number of hydrogen-bond donors (Lipinski definition) is 1. The number of rotatable bonds is 8. The zero-order chi connectivity index (χ0) is 23.8. The van der Waals surface area contributed by atoms with Crippen LogP contribution in [0.2, 0.25) is 0 Å². The van der Waals surface area contributed by atoms with E-state index >= 15 is 0 Å². The topological polar surface area (TPSA) is 50.3 Å². The molecule has 0 bridgehead atoms. The number of aryl methyl sites for hydroxylation is 2. The van der Waals surface area contributed by atoms with Gasteiger partial charge in [-0.3, -0.25) is 0 Å². The summed E-state index contributed by atoms with van der Waals surface area (Å²) in [5.41, 5.74) is 9.50. The van der Waals surface area contributed by atoms with Crippen molar-refractivity contribution >= 4 is 11.5 Å². The van der Waals surface area contributed by atoms with Gasteiger partial charge in [-0.15, -0.1) is 0 Å². The molecule has 1 aromatic heterocycles. The van der Waals surface area contributed by atoms with Crippen molar-refractivity contribution in [3.8, 4) is 11.3 Å². The Morgan fingerprint density at radius 2 is 1.85 bits per heavy atom. The van der Waals surface area contributed by atoms with E-state index in [-0.39, 0.29) is 12.1 Å². The van der Waals surface area contributed by atoms with Crippen molar-refractivity contribution in [1.82, 2.24) is 9.97 Å². The van der Waals surface area contributed by atoms with Gasteiger partial charge in [0.15, 0.2) is 0 Å². The van der Waals surface area contributed by atoms with Crippen LogP contribution in [0.3, 0.4) is 0 Å². The first kappa shape index (κ1) is 22.9. The van der Waals surface area contributed by atoms with Crippen molar-refractivity contribution in [2.75, 3.05) is 30.9 Å². The summed E-state index contributed by atoms with van der Waals surface area (Å²) in [4.78, 5) is 12.7. The van der Waals surface area contributed by atoms with Crippen LogP contribution in [0.15, 0.2) is 42.5 Å². The van der Waals surface area contributed by atoms with E-state index in [0.717, 1.165) is 35.7 Å². The number of nitrogens with zero attached hydrogens (tertiary/aromatic N) is 3. The minimum atomic E-state index is 0.0969. The van der Waals surface area contributed by atoms with Gasteiger partial charge in [-0.25, -0.2) is 9.97 Å². The van der Waals surface area contributed by atoms with Gasteiger partial charge in [0.2, 0.25) is 0 Å². The Hall–Kier alpha value is -2.92. The molecule has 0 saturated heterocycles. The van der Waals surface area contributed by atoms with Crippen molar-refractivity contribution in [3.63, 3.8) is 0 Å². The van der Waals surface area contributed by atoms with E-state index in [4.69, 9.17) is 14.7 Å². The fourth-order valence-corrected chi connectivity index (χ4v) is 5.13. The third-order valence-electron chi connectivity index (χ3n) is 7.13. The number of benzene rings is 2. The molecule has 34 heavy (non-hydrogen) atoms. The minimum absolute atomic E-state index is 0.0969. The van der Waals surface area contributed by atoms with E-state index in [1.807, 2.05) is 0 Å². The van der Waals surface area contributed by atoms with E-state index in [1.54, 1.807) is 0 Å². The van der Waals surface area contributed by atoms with Gasteiger partial charge in [-0.05, 0) is 61.9 Å². The zero-order valence-corrected chi connectivity index (χ0v) is 21.1. The zero-order valence-electron chi connectivity index (χ0n) is 21.1. The van der Waals surface area contributed by atoms with Gasteiger partial charge in [-0.1, -0.05) is 37.3 Å². The summed E-state index contributed by atoms with van der Waals surface area (Å²) in [5, 5.41) is 3.81. The van der Waals surface area contributed by atoms with E-state index in [2.05, 4.69) is 87.5 Å². The quantitative estimate of drug-likeness (QED) is 0.446. The van der Waals surface area contributed by atoms with Crippen molar-refractivity contribution in [3.05, 3.63) is 70.5 Å². The molecule has 2 aromatic carbocycles. The van der Waals surface area contributed by atoms with Gasteiger partial charge in [0, 0.05) is 44.3 Å². The summed E-state index contributed by atoms with van der Waals surface area (Å²) in [6.45, 7) is 7.13.